The first-order valence-electron chi connectivity index (χ1n) is 6.72. The first-order valence-corrected chi connectivity index (χ1v) is 6.72. The van der Waals surface area contributed by atoms with Crippen molar-refractivity contribution in [1.82, 2.24) is 10.3 Å². The minimum atomic E-state index is -1.05. The van der Waals surface area contributed by atoms with Crippen molar-refractivity contribution in [3.63, 3.8) is 0 Å². The van der Waals surface area contributed by atoms with Crippen molar-refractivity contribution in [3.05, 3.63) is 46.4 Å². The van der Waals surface area contributed by atoms with E-state index in [1.165, 1.54) is 0 Å². The number of pyridine rings is 1. The Labute approximate surface area is 119 Å². The van der Waals surface area contributed by atoms with Gasteiger partial charge in [-0.3, -0.25) is 9.59 Å². The topological polar surface area (TPSA) is 99.3 Å². The van der Waals surface area contributed by atoms with Crippen LogP contribution in [-0.4, -0.2) is 28.0 Å². The third-order valence-corrected chi connectivity index (χ3v) is 3.64. The molecule has 0 bridgehead atoms. The number of carboxylic acids is 1. The highest BCUT2D eigenvalue weighted by Gasteiger charge is 2.37. The van der Waals surface area contributed by atoms with Crippen LogP contribution in [0.1, 0.15) is 23.3 Å². The highest BCUT2D eigenvalue weighted by Crippen LogP contribution is 2.32. The van der Waals surface area contributed by atoms with Crippen molar-refractivity contribution in [2.24, 2.45) is 5.92 Å². The second kappa shape index (κ2) is 5.05. The van der Waals surface area contributed by atoms with Gasteiger partial charge in [0.2, 0.25) is 0 Å². The number of benzene rings is 1. The summed E-state index contributed by atoms with van der Waals surface area (Å²) in [5.41, 5.74) is -0.290. The van der Waals surface area contributed by atoms with Gasteiger partial charge in [0.25, 0.3) is 11.5 Å². The number of rotatable bonds is 4. The maximum absolute atomic E-state index is 12.1. The summed E-state index contributed by atoms with van der Waals surface area (Å²) in [6, 6.07) is 7.57. The van der Waals surface area contributed by atoms with Gasteiger partial charge in [-0.1, -0.05) is 18.2 Å². The van der Waals surface area contributed by atoms with Crippen molar-refractivity contribution < 1.29 is 14.7 Å². The van der Waals surface area contributed by atoms with Crippen molar-refractivity contribution in [1.29, 1.82) is 0 Å². The van der Waals surface area contributed by atoms with E-state index in [-0.39, 0.29) is 17.2 Å². The van der Waals surface area contributed by atoms with Crippen LogP contribution >= 0.6 is 0 Å². The van der Waals surface area contributed by atoms with Gasteiger partial charge < -0.3 is 15.4 Å². The summed E-state index contributed by atoms with van der Waals surface area (Å²) in [5, 5.41) is 12.7. The molecule has 3 rings (SSSR count). The van der Waals surface area contributed by atoms with E-state index in [9.17, 15) is 14.4 Å². The van der Waals surface area contributed by atoms with Gasteiger partial charge in [-0.05, 0) is 36.3 Å². The Morgan fingerprint density at radius 3 is 2.67 bits per heavy atom. The van der Waals surface area contributed by atoms with Crippen LogP contribution in [0.5, 0.6) is 0 Å². The number of fused-ring (bicyclic) bond motifs is 1. The van der Waals surface area contributed by atoms with Crippen LogP contribution in [0.15, 0.2) is 35.1 Å². The van der Waals surface area contributed by atoms with E-state index >= 15 is 0 Å². The van der Waals surface area contributed by atoms with Gasteiger partial charge in [0.05, 0.1) is 0 Å². The van der Waals surface area contributed by atoms with Crippen LogP contribution in [0.25, 0.3) is 10.8 Å². The van der Waals surface area contributed by atoms with Crippen LogP contribution < -0.4 is 10.9 Å². The van der Waals surface area contributed by atoms with Gasteiger partial charge >= 0.3 is 5.97 Å². The number of aromatic nitrogens is 1. The first kappa shape index (κ1) is 13.4. The molecule has 0 spiro atoms. The minimum absolute atomic E-state index is 0.0152. The number of carbonyl (C=O) groups excluding carboxylic acids is 1. The molecule has 1 atom stereocenters. The summed E-state index contributed by atoms with van der Waals surface area (Å²) in [6.07, 6.45) is 1.59. The van der Waals surface area contributed by atoms with E-state index < -0.39 is 17.9 Å². The molecule has 6 heteroatoms. The summed E-state index contributed by atoms with van der Waals surface area (Å²) in [7, 11) is 0. The van der Waals surface area contributed by atoms with E-state index in [1.807, 2.05) is 0 Å². The van der Waals surface area contributed by atoms with Crippen molar-refractivity contribution in [2.75, 3.05) is 0 Å². The quantitative estimate of drug-likeness (QED) is 0.784. The molecule has 108 valence electrons. The molecule has 1 heterocycles. The van der Waals surface area contributed by atoms with Crippen LogP contribution in [0.2, 0.25) is 0 Å². The van der Waals surface area contributed by atoms with Crippen molar-refractivity contribution in [2.45, 2.75) is 18.9 Å². The molecule has 1 aliphatic carbocycles. The molecule has 1 unspecified atom stereocenters. The molecule has 1 amide bonds. The lowest BCUT2D eigenvalue weighted by Gasteiger charge is -2.13. The Kier molecular flexibility index (Phi) is 3.21. The second-order valence-corrected chi connectivity index (χ2v) is 5.23. The SMILES string of the molecule is O=C(NC(C(=O)O)C1CC1)c1cc2ccccc2c(=O)[nH]1. The lowest BCUT2D eigenvalue weighted by molar-refractivity contribution is -0.139. The monoisotopic (exact) mass is 286 g/mol. The number of amides is 1. The summed E-state index contributed by atoms with van der Waals surface area (Å²) in [6.45, 7) is 0. The van der Waals surface area contributed by atoms with E-state index in [2.05, 4.69) is 10.3 Å². The van der Waals surface area contributed by atoms with Gasteiger partial charge in [0.15, 0.2) is 0 Å². The minimum Gasteiger partial charge on any atom is -0.480 e. The fourth-order valence-corrected chi connectivity index (χ4v) is 2.36. The Hall–Kier alpha value is -2.63. The third-order valence-electron chi connectivity index (χ3n) is 3.64. The number of H-pyrrole nitrogens is 1. The fraction of sp³-hybridized carbons (Fsp3) is 0.267. The van der Waals surface area contributed by atoms with Crippen molar-refractivity contribution in [3.8, 4) is 0 Å². The maximum Gasteiger partial charge on any atom is 0.326 e. The standard InChI is InChI=1S/C15H14N2O4/c18-13-10-4-2-1-3-9(10)7-11(16-13)14(19)17-12(15(20)21)8-5-6-8/h1-4,7-8,12H,5-6H2,(H,16,18)(H,17,19)(H,20,21). The maximum atomic E-state index is 12.1. The molecular weight excluding hydrogens is 272 g/mol. The molecule has 1 aliphatic rings. The van der Waals surface area contributed by atoms with Crippen molar-refractivity contribution >= 4 is 22.6 Å². The molecule has 1 saturated carbocycles. The van der Waals surface area contributed by atoms with Gasteiger partial charge in [-0.15, -0.1) is 0 Å². The molecule has 2 aromatic rings. The molecule has 1 fully saturated rings. The summed E-state index contributed by atoms with van der Waals surface area (Å²) < 4.78 is 0. The van der Waals surface area contributed by atoms with Gasteiger partial charge in [0.1, 0.15) is 11.7 Å². The summed E-state index contributed by atoms with van der Waals surface area (Å²) in [4.78, 5) is 37.7. The normalized spacial score (nSPS) is 15.6. The van der Waals surface area contributed by atoms with Crippen LogP contribution in [0, 0.1) is 5.92 Å². The van der Waals surface area contributed by atoms with Gasteiger partial charge in [0, 0.05) is 5.39 Å². The number of aromatic amines is 1. The van der Waals surface area contributed by atoms with E-state index in [1.54, 1.807) is 30.3 Å². The average Bonchev–Trinajstić information content (AvgIpc) is 3.28. The van der Waals surface area contributed by atoms with Gasteiger partial charge in [-0.25, -0.2) is 4.79 Å². The van der Waals surface area contributed by atoms with Crippen LogP contribution in [-0.2, 0) is 4.79 Å². The number of aliphatic carboxylic acids is 1. The molecule has 6 nitrogen and oxygen atoms in total. The third kappa shape index (κ3) is 2.65. The predicted molar refractivity (Wildman–Crippen MR) is 76.2 cm³/mol. The molecular formula is C15H14N2O4. The molecule has 0 aliphatic heterocycles. The average molecular weight is 286 g/mol. The zero-order valence-electron chi connectivity index (χ0n) is 11.1. The Morgan fingerprint density at radius 1 is 1.29 bits per heavy atom. The fourth-order valence-electron chi connectivity index (χ4n) is 2.36. The lowest BCUT2D eigenvalue weighted by Crippen LogP contribution is -2.43. The zero-order chi connectivity index (χ0) is 15.0. The molecule has 3 N–H and O–H groups in total. The highest BCUT2D eigenvalue weighted by atomic mass is 16.4. The number of carbonyl (C=O) groups is 2. The smallest absolute Gasteiger partial charge is 0.326 e. The number of hydrogen-bond donors (Lipinski definition) is 3. The molecule has 1 aromatic carbocycles. The Balaban J connectivity index is 1.91. The van der Waals surface area contributed by atoms with Crippen LogP contribution in [0.3, 0.4) is 0 Å². The molecule has 0 saturated heterocycles. The molecule has 0 radical (unpaired) electrons. The Morgan fingerprint density at radius 2 is 2.00 bits per heavy atom. The van der Waals surface area contributed by atoms with E-state index in [0.29, 0.717) is 10.8 Å². The number of nitrogens with one attached hydrogen (secondary N) is 2. The highest BCUT2D eigenvalue weighted by molar-refractivity contribution is 5.98. The second-order valence-electron chi connectivity index (χ2n) is 5.23. The largest absolute Gasteiger partial charge is 0.480 e. The zero-order valence-corrected chi connectivity index (χ0v) is 11.1. The lowest BCUT2D eigenvalue weighted by atomic mass is 10.1. The predicted octanol–water partition coefficient (Wildman–Crippen LogP) is 1.12. The summed E-state index contributed by atoms with van der Waals surface area (Å²) in [5.74, 6) is -1.63. The van der Waals surface area contributed by atoms with Gasteiger partial charge in [-0.2, -0.15) is 0 Å². The van der Waals surface area contributed by atoms with E-state index in [0.717, 1.165) is 12.8 Å². The number of carboxylic acid groups (broad SMARTS) is 1. The van der Waals surface area contributed by atoms with Crippen LogP contribution in [0.4, 0.5) is 0 Å². The van der Waals surface area contributed by atoms with E-state index in [4.69, 9.17) is 5.11 Å². The summed E-state index contributed by atoms with van der Waals surface area (Å²) >= 11 is 0. The Bertz CT molecular complexity index is 777. The number of hydrogen-bond acceptors (Lipinski definition) is 3. The molecule has 1 aromatic heterocycles. The molecule has 21 heavy (non-hydrogen) atoms. The first-order chi connectivity index (χ1) is 10.1.